The van der Waals surface area contributed by atoms with E-state index in [2.05, 4.69) is 4.74 Å². The van der Waals surface area contributed by atoms with Gasteiger partial charge in [0, 0.05) is 12.4 Å². The van der Waals surface area contributed by atoms with Crippen LogP contribution in [0.15, 0.2) is 0 Å². The summed E-state index contributed by atoms with van der Waals surface area (Å²) >= 11 is 5.30. The number of sulfone groups is 1. The number of carbonyl (C=O) groups is 1. The summed E-state index contributed by atoms with van der Waals surface area (Å²) in [6, 6.07) is 0. The quantitative estimate of drug-likeness (QED) is 0.544. The van der Waals surface area contributed by atoms with E-state index < -0.39 is 21.1 Å². The smallest absolute Gasteiger partial charge is 0.325 e. The average molecular weight is 280 g/mol. The molecule has 15 heavy (non-hydrogen) atoms. The highest BCUT2D eigenvalue weighted by Gasteiger charge is 2.31. The first-order chi connectivity index (χ1) is 6.49. The topological polar surface area (TPSA) is 86.5 Å². The maximum absolute atomic E-state index is 11.4. The van der Waals surface area contributed by atoms with Crippen molar-refractivity contribution in [1.29, 1.82) is 0 Å². The Bertz CT molecular complexity index is 281. The molecule has 8 heteroatoms. The van der Waals surface area contributed by atoms with Gasteiger partial charge in [0.15, 0.2) is 15.1 Å². The van der Waals surface area contributed by atoms with Gasteiger partial charge >= 0.3 is 5.97 Å². The summed E-state index contributed by atoms with van der Waals surface area (Å²) in [6.45, 7) is 1.45. The summed E-state index contributed by atoms with van der Waals surface area (Å²) in [5, 5.41) is -1.29. The molecule has 5 nitrogen and oxygen atoms in total. The second-order valence-corrected chi connectivity index (χ2v) is 5.21. The fourth-order valence-corrected chi connectivity index (χ4v) is 2.67. The molecule has 0 fully saturated rings. The lowest BCUT2D eigenvalue weighted by Gasteiger charge is -2.13. The lowest BCUT2D eigenvalue weighted by molar-refractivity contribution is -0.142. The maximum atomic E-state index is 11.4. The first-order valence-electron chi connectivity index (χ1n) is 4.13. The molecule has 0 saturated carbocycles. The van der Waals surface area contributed by atoms with Crippen LogP contribution in [0.4, 0.5) is 0 Å². The average Bonchev–Trinajstić information content (AvgIpc) is 2.04. The maximum Gasteiger partial charge on any atom is 0.325 e. The monoisotopic (exact) mass is 279 g/mol. The van der Waals surface area contributed by atoms with Crippen LogP contribution in [-0.4, -0.2) is 44.4 Å². The molecule has 2 N–H and O–H groups in total. The van der Waals surface area contributed by atoms with Gasteiger partial charge in [-0.2, -0.15) is 0 Å². The van der Waals surface area contributed by atoms with Crippen molar-refractivity contribution in [3.05, 3.63) is 0 Å². The van der Waals surface area contributed by atoms with E-state index in [1.807, 2.05) is 0 Å². The predicted octanol–water partition coefficient (Wildman–Crippen LogP) is -0.0478. The Hall–Kier alpha value is -0.0400. The van der Waals surface area contributed by atoms with E-state index >= 15 is 0 Å². The van der Waals surface area contributed by atoms with Gasteiger partial charge in [-0.15, -0.1) is 24.0 Å². The number of halogens is 2. The van der Waals surface area contributed by atoms with Crippen molar-refractivity contribution >= 4 is 39.8 Å². The minimum atomic E-state index is -3.58. The van der Waals surface area contributed by atoms with Gasteiger partial charge in [0.05, 0.1) is 12.4 Å². The van der Waals surface area contributed by atoms with Crippen LogP contribution >= 0.6 is 24.0 Å². The van der Waals surface area contributed by atoms with Crippen LogP contribution < -0.4 is 5.73 Å². The fraction of sp³-hybridized carbons (Fsp3) is 0.857. The lowest BCUT2D eigenvalue weighted by atomic mass is 10.4. The number of hydrogen-bond donors (Lipinski definition) is 1. The van der Waals surface area contributed by atoms with Crippen molar-refractivity contribution in [2.45, 2.75) is 12.2 Å². The molecule has 0 heterocycles. The molecular formula is C7H15Cl2NO4S. The number of nitrogens with two attached hydrogens (primary N) is 1. The highest BCUT2D eigenvalue weighted by molar-refractivity contribution is 7.92. The summed E-state index contributed by atoms with van der Waals surface area (Å²) in [5.74, 6) is -1.13. The van der Waals surface area contributed by atoms with E-state index in [9.17, 15) is 13.2 Å². The molecule has 0 spiro atoms. The van der Waals surface area contributed by atoms with E-state index in [0.29, 0.717) is 0 Å². The molecule has 0 aromatic carbocycles. The lowest BCUT2D eigenvalue weighted by Crippen LogP contribution is -2.40. The van der Waals surface area contributed by atoms with Crippen LogP contribution in [0.5, 0.6) is 0 Å². The van der Waals surface area contributed by atoms with E-state index in [1.54, 1.807) is 6.92 Å². The van der Waals surface area contributed by atoms with Crippen molar-refractivity contribution in [1.82, 2.24) is 0 Å². The molecule has 1 atom stereocenters. The first kappa shape index (κ1) is 17.4. The normalized spacial score (nSPS) is 12.7. The van der Waals surface area contributed by atoms with Crippen LogP contribution in [0.25, 0.3) is 0 Å². The number of esters is 1. The van der Waals surface area contributed by atoms with E-state index in [0.717, 1.165) is 0 Å². The second-order valence-electron chi connectivity index (χ2n) is 2.53. The first-order valence-corrected chi connectivity index (χ1v) is 6.38. The highest BCUT2D eigenvalue weighted by atomic mass is 35.5. The minimum Gasteiger partial charge on any atom is -0.465 e. The molecule has 0 aliphatic heterocycles. The second kappa shape index (κ2) is 8.15. The minimum absolute atomic E-state index is 0. The molecule has 0 saturated heterocycles. The van der Waals surface area contributed by atoms with Crippen molar-refractivity contribution in [3.8, 4) is 0 Å². The Kier molecular flexibility index (Phi) is 9.43. The van der Waals surface area contributed by atoms with Crippen LogP contribution in [0.2, 0.25) is 0 Å². The molecule has 0 aliphatic carbocycles. The zero-order valence-corrected chi connectivity index (χ0v) is 10.7. The van der Waals surface area contributed by atoms with Crippen LogP contribution in [0.3, 0.4) is 0 Å². The zero-order chi connectivity index (χ0) is 11.2. The summed E-state index contributed by atoms with van der Waals surface area (Å²) in [6.07, 6.45) is 0. The van der Waals surface area contributed by atoms with Gasteiger partial charge in [-0.05, 0) is 6.92 Å². The molecule has 0 bridgehead atoms. The Balaban J connectivity index is 0. The van der Waals surface area contributed by atoms with Crippen molar-refractivity contribution in [2.75, 3.05) is 24.8 Å². The van der Waals surface area contributed by atoms with E-state index in [1.165, 1.54) is 0 Å². The summed E-state index contributed by atoms with van der Waals surface area (Å²) in [7, 11) is -3.58. The Morgan fingerprint density at radius 1 is 1.53 bits per heavy atom. The molecular weight excluding hydrogens is 265 g/mol. The van der Waals surface area contributed by atoms with Crippen LogP contribution in [0.1, 0.15) is 6.92 Å². The third kappa shape index (κ3) is 5.55. The SMILES string of the molecule is CCOC(=O)C(CN)S(=O)(=O)CCCl.Cl. The number of rotatable bonds is 6. The number of alkyl halides is 1. The molecule has 1 unspecified atom stereocenters. The van der Waals surface area contributed by atoms with E-state index in [4.69, 9.17) is 17.3 Å². The van der Waals surface area contributed by atoms with Gasteiger partial charge in [0.25, 0.3) is 0 Å². The Morgan fingerprint density at radius 2 is 2.07 bits per heavy atom. The van der Waals surface area contributed by atoms with Crippen molar-refractivity contribution in [2.24, 2.45) is 5.73 Å². The molecule has 0 radical (unpaired) electrons. The van der Waals surface area contributed by atoms with Crippen molar-refractivity contribution in [3.63, 3.8) is 0 Å². The number of ether oxygens (including phenoxy) is 1. The molecule has 0 aromatic heterocycles. The molecule has 0 rings (SSSR count). The largest absolute Gasteiger partial charge is 0.465 e. The van der Waals surface area contributed by atoms with Crippen LogP contribution in [0, 0.1) is 0 Å². The van der Waals surface area contributed by atoms with Gasteiger partial charge in [-0.3, -0.25) is 4.79 Å². The molecule has 0 amide bonds. The fourth-order valence-electron chi connectivity index (χ4n) is 0.874. The van der Waals surface area contributed by atoms with Gasteiger partial charge in [-0.1, -0.05) is 0 Å². The molecule has 92 valence electrons. The van der Waals surface area contributed by atoms with Crippen molar-refractivity contribution < 1.29 is 17.9 Å². The Morgan fingerprint density at radius 3 is 2.40 bits per heavy atom. The van der Waals surface area contributed by atoms with Gasteiger partial charge in [0.1, 0.15) is 0 Å². The number of hydrogen-bond acceptors (Lipinski definition) is 5. The Labute approximate surface area is 101 Å². The third-order valence-corrected chi connectivity index (χ3v) is 4.00. The standard InChI is InChI=1S/C7H14ClNO4S.ClH/c1-2-13-7(10)6(5-9)14(11,12)4-3-8;/h6H,2-5,9H2,1H3;1H. The summed E-state index contributed by atoms with van der Waals surface area (Å²) in [5.41, 5.74) is 5.20. The molecule has 0 aliphatic rings. The van der Waals surface area contributed by atoms with Gasteiger partial charge in [-0.25, -0.2) is 8.42 Å². The van der Waals surface area contributed by atoms with Gasteiger partial charge in [0.2, 0.25) is 0 Å². The third-order valence-electron chi connectivity index (χ3n) is 1.56. The van der Waals surface area contributed by atoms with Crippen LogP contribution in [-0.2, 0) is 19.4 Å². The number of carbonyl (C=O) groups excluding carboxylic acids is 1. The molecule has 0 aromatic rings. The predicted molar refractivity (Wildman–Crippen MR) is 61.2 cm³/mol. The summed E-state index contributed by atoms with van der Waals surface area (Å²) in [4.78, 5) is 11.2. The summed E-state index contributed by atoms with van der Waals surface area (Å²) < 4.78 is 27.4. The zero-order valence-electron chi connectivity index (χ0n) is 8.31. The highest BCUT2D eigenvalue weighted by Crippen LogP contribution is 2.04. The van der Waals surface area contributed by atoms with Gasteiger partial charge < -0.3 is 10.5 Å². The van der Waals surface area contributed by atoms with E-state index in [-0.39, 0.29) is 37.2 Å².